The van der Waals surface area contributed by atoms with E-state index in [2.05, 4.69) is 34.1 Å². The predicted octanol–water partition coefficient (Wildman–Crippen LogP) is 5.08. The number of pyridine rings is 1. The Hall–Kier alpha value is -3.34. The predicted molar refractivity (Wildman–Crippen MR) is 117 cm³/mol. The van der Waals surface area contributed by atoms with E-state index in [1.807, 2.05) is 19.1 Å². The molecular formula is C25H26N2O3. The van der Waals surface area contributed by atoms with Gasteiger partial charge in [0, 0.05) is 30.5 Å². The molecule has 3 aromatic rings. The summed E-state index contributed by atoms with van der Waals surface area (Å²) in [6.07, 6.45) is 5.43. The molecule has 1 aliphatic heterocycles. The molecule has 5 nitrogen and oxygen atoms in total. The maximum Gasteiger partial charge on any atom is 0.343 e. The molecule has 1 aliphatic rings. The quantitative estimate of drug-likeness (QED) is 0.538. The van der Waals surface area contributed by atoms with Crippen molar-refractivity contribution in [3.63, 3.8) is 0 Å². The number of esters is 1. The van der Waals surface area contributed by atoms with E-state index in [9.17, 15) is 4.79 Å². The van der Waals surface area contributed by atoms with Crippen molar-refractivity contribution < 1.29 is 14.3 Å². The minimum Gasteiger partial charge on any atom is -0.494 e. The third kappa shape index (κ3) is 4.62. The summed E-state index contributed by atoms with van der Waals surface area (Å²) >= 11 is 0. The molecule has 2 aromatic carbocycles. The van der Waals surface area contributed by atoms with Crippen LogP contribution in [0.1, 0.15) is 41.6 Å². The standard InChI is InChI=1S/C25H26N2O3/c1-2-29-22-10-8-20(9-11-22)25(28)30-24-18-26-15-12-23(24)19-13-16-27(17-14-19)21-6-4-3-5-7-21/h3-12,15,18-19H,2,13-14,16-17H2,1H3. The Morgan fingerprint density at radius 2 is 1.77 bits per heavy atom. The number of anilines is 1. The molecule has 0 N–H and O–H groups in total. The first kappa shape index (κ1) is 20.0. The highest BCUT2D eigenvalue weighted by molar-refractivity contribution is 5.91. The van der Waals surface area contributed by atoms with Crippen molar-refractivity contribution >= 4 is 11.7 Å². The second-order valence-electron chi connectivity index (χ2n) is 7.36. The molecule has 0 aliphatic carbocycles. The lowest BCUT2D eigenvalue weighted by atomic mass is 9.89. The first-order valence-electron chi connectivity index (χ1n) is 10.4. The number of hydrogen-bond donors (Lipinski definition) is 0. The van der Waals surface area contributed by atoms with Crippen LogP contribution in [0.4, 0.5) is 5.69 Å². The van der Waals surface area contributed by atoms with Crippen molar-refractivity contribution in [3.05, 3.63) is 84.2 Å². The van der Waals surface area contributed by atoms with Gasteiger partial charge in [-0.15, -0.1) is 0 Å². The zero-order valence-electron chi connectivity index (χ0n) is 17.2. The Balaban J connectivity index is 1.43. The summed E-state index contributed by atoms with van der Waals surface area (Å²) in [7, 11) is 0. The van der Waals surface area contributed by atoms with E-state index < -0.39 is 0 Å². The lowest BCUT2D eigenvalue weighted by Crippen LogP contribution is -2.33. The molecule has 5 heteroatoms. The van der Waals surface area contributed by atoms with Gasteiger partial charge in [0.25, 0.3) is 0 Å². The Morgan fingerprint density at radius 3 is 2.47 bits per heavy atom. The lowest BCUT2D eigenvalue weighted by Gasteiger charge is -2.34. The van der Waals surface area contributed by atoms with Gasteiger partial charge in [-0.1, -0.05) is 18.2 Å². The average molecular weight is 402 g/mol. The third-order valence-corrected chi connectivity index (χ3v) is 5.48. The maximum atomic E-state index is 12.7. The van der Waals surface area contributed by atoms with Gasteiger partial charge in [0.1, 0.15) is 5.75 Å². The molecule has 0 unspecified atom stereocenters. The van der Waals surface area contributed by atoms with Gasteiger partial charge in [0.05, 0.1) is 18.4 Å². The highest BCUT2D eigenvalue weighted by atomic mass is 16.5. The molecule has 0 atom stereocenters. The largest absolute Gasteiger partial charge is 0.494 e. The molecule has 0 amide bonds. The van der Waals surface area contributed by atoms with Crippen molar-refractivity contribution in [2.75, 3.05) is 24.6 Å². The molecule has 1 aromatic heterocycles. The van der Waals surface area contributed by atoms with Crippen molar-refractivity contribution in [3.8, 4) is 11.5 Å². The summed E-state index contributed by atoms with van der Waals surface area (Å²) in [6.45, 7) is 4.47. The molecule has 4 rings (SSSR count). The number of ether oxygens (including phenoxy) is 2. The third-order valence-electron chi connectivity index (χ3n) is 5.48. The van der Waals surface area contributed by atoms with Gasteiger partial charge in [-0.25, -0.2) is 4.79 Å². The minimum atomic E-state index is -0.381. The number of rotatable bonds is 6. The SMILES string of the molecule is CCOc1ccc(C(=O)Oc2cnccc2C2CCN(c3ccccc3)CC2)cc1. The number of benzene rings is 2. The summed E-state index contributed by atoms with van der Waals surface area (Å²) in [5.74, 6) is 1.25. The molecule has 0 bridgehead atoms. The van der Waals surface area contributed by atoms with Gasteiger partial charge in [-0.2, -0.15) is 0 Å². The number of piperidine rings is 1. The maximum absolute atomic E-state index is 12.7. The molecule has 2 heterocycles. The van der Waals surface area contributed by atoms with E-state index in [1.54, 1.807) is 36.7 Å². The number of nitrogens with zero attached hydrogens (tertiary/aromatic N) is 2. The highest BCUT2D eigenvalue weighted by Gasteiger charge is 2.24. The van der Waals surface area contributed by atoms with E-state index in [-0.39, 0.29) is 5.97 Å². The summed E-state index contributed by atoms with van der Waals surface area (Å²) in [4.78, 5) is 19.2. The monoisotopic (exact) mass is 402 g/mol. The molecule has 1 fully saturated rings. The van der Waals surface area contributed by atoms with Gasteiger partial charge in [-0.3, -0.25) is 4.98 Å². The van der Waals surface area contributed by atoms with Gasteiger partial charge in [-0.05, 0) is 68.1 Å². The minimum absolute atomic E-state index is 0.344. The average Bonchev–Trinajstić information content (AvgIpc) is 2.81. The van der Waals surface area contributed by atoms with Gasteiger partial charge < -0.3 is 14.4 Å². The van der Waals surface area contributed by atoms with Crippen LogP contribution in [-0.2, 0) is 0 Å². The summed E-state index contributed by atoms with van der Waals surface area (Å²) in [6, 6.07) is 19.5. The number of carbonyl (C=O) groups is 1. The van der Waals surface area contributed by atoms with E-state index >= 15 is 0 Å². The van der Waals surface area contributed by atoms with Crippen LogP contribution in [0.25, 0.3) is 0 Å². The Morgan fingerprint density at radius 1 is 1.03 bits per heavy atom. The fourth-order valence-corrected chi connectivity index (χ4v) is 3.91. The van der Waals surface area contributed by atoms with Crippen LogP contribution in [0, 0.1) is 0 Å². The number of aromatic nitrogens is 1. The molecule has 1 saturated heterocycles. The van der Waals surface area contributed by atoms with Crippen LogP contribution in [0.2, 0.25) is 0 Å². The second-order valence-corrected chi connectivity index (χ2v) is 7.36. The lowest BCUT2D eigenvalue weighted by molar-refractivity contribution is 0.0731. The van der Waals surface area contributed by atoms with E-state index in [0.717, 1.165) is 37.2 Å². The van der Waals surface area contributed by atoms with Gasteiger partial charge >= 0.3 is 5.97 Å². The highest BCUT2D eigenvalue weighted by Crippen LogP contribution is 2.35. The van der Waals surface area contributed by atoms with Crippen molar-refractivity contribution in [2.45, 2.75) is 25.7 Å². The molecular weight excluding hydrogens is 376 g/mol. The molecule has 30 heavy (non-hydrogen) atoms. The zero-order chi connectivity index (χ0) is 20.8. The van der Waals surface area contributed by atoms with Crippen molar-refractivity contribution in [1.29, 1.82) is 0 Å². The Bertz CT molecular complexity index is 965. The first-order valence-corrected chi connectivity index (χ1v) is 10.4. The normalized spacial score (nSPS) is 14.4. The first-order chi connectivity index (χ1) is 14.7. The number of hydrogen-bond acceptors (Lipinski definition) is 5. The molecule has 154 valence electrons. The smallest absolute Gasteiger partial charge is 0.343 e. The topological polar surface area (TPSA) is 51.7 Å². The van der Waals surface area contributed by atoms with Crippen molar-refractivity contribution in [1.82, 2.24) is 4.98 Å². The van der Waals surface area contributed by atoms with Crippen LogP contribution in [0.15, 0.2) is 73.1 Å². The fourth-order valence-electron chi connectivity index (χ4n) is 3.91. The van der Waals surface area contributed by atoms with Gasteiger partial charge in [0.15, 0.2) is 5.75 Å². The summed E-state index contributed by atoms with van der Waals surface area (Å²) in [5.41, 5.74) is 2.80. The molecule has 0 saturated carbocycles. The summed E-state index contributed by atoms with van der Waals surface area (Å²) < 4.78 is 11.2. The van der Waals surface area contributed by atoms with Crippen LogP contribution < -0.4 is 14.4 Å². The Kier molecular flexibility index (Phi) is 6.28. The Labute approximate surface area is 177 Å². The van der Waals surface area contributed by atoms with E-state index in [1.165, 1.54) is 5.69 Å². The summed E-state index contributed by atoms with van der Waals surface area (Å²) in [5, 5.41) is 0. The number of para-hydroxylation sites is 1. The van der Waals surface area contributed by atoms with Crippen LogP contribution in [-0.4, -0.2) is 30.6 Å². The van der Waals surface area contributed by atoms with E-state index in [0.29, 0.717) is 23.8 Å². The second kappa shape index (κ2) is 9.44. The van der Waals surface area contributed by atoms with Crippen LogP contribution in [0.5, 0.6) is 11.5 Å². The molecule has 0 spiro atoms. The number of carbonyl (C=O) groups excluding carboxylic acids is 1. The van der Waals surface area contributed by atoms with Crippen LogP contribution in [0.3, 0.4) is 0 Å². The van der Waals surface area contributed by atoms with Crippen LogP contribution >= 0.6 is 0 Å². The van der Waals surface area contributed by atoms with E-state index in [4.69, 9.17) is 9.47 Å². The zero-order valence-corrected chi connectivity index (χ0v) is 17.2. The van der Waals surface area contributed by atoms with Gasteiger partial charge in [0.2, 0.25) is 0 Å². The molecule has 0 radical (unpaired) electrons. The van der Waals surface area contributed by atoms with Crippen molar-refractivity contribution in [2.24, 2.45) is 0 Å². The fraction of sp³-hybridized carbons (Fsp3) is 0.280.